The second kappa shape index (κ2) is 10.3. The highest BCUT2D eigenvalue weighted by atomic mass is 16.5. The molecule has 1 heterocycles. The Morgan fingerprint density at radius 3 is 2.61 bits per heavy atom. The van der Waals surface area contributed by atoms with Crippen LogP contribution >= 0.6 is 0 Å². The number of esters is 1. The average Bonchev–Trinajstić information content (AvgIpc) is 2.65. The van der Waals surface area contributed by atoms with Crippen LogP contribution in [0.3, 0.4) is 0 Å². The molecule has 0 bridgehead atoms. The molecule has 28 heavy (non-hydrogen) atoms. The number of nitrogens with zero attached hydrogens (tertiary/aromatic N) is 3. The standard InChI is InChI=1S/C19H25N5O4/c1-5-16(23-19-21-12(2)20-18(24-19)22-13(3)25)11-28-10-14-7-6-8-15(9-14)17(26)27-4/h6-9,16H,5,10-11H2,1-4H3,(H2,20,21,22,23,24,25). The molecular formula is C19H25N5O4. The first-order chi connectivity index (χ1) is 13.4. The van der Waals surface area contributed by atoms with Crippen LogP contribution in [0.25, 0.3) is 0 Å². The molecule has 0 saturated heterocycles. The van der Waals surface area contributed by atoms with E-state index in [0.717, 1.165) is 12.0 Å². The Morgan fingerprint density at radius 2 is 1.93 bits per heavy atom. The van der Waals surface area contributed by atoms with Gasteiger partial charge in [-0.1, -0.05) is 19.1 Å². The maximum absolute atomic E-state index is 11.6. The third kappa shape index (κ3) is 6.58. The SMILES string of the molecule is CCC(COCc1cccc(C(=O)OC)c1)Nc1nc(C)nc(NC(C)=O)n1. The summed E-state index contributed by atoms with van der Waals surface area (Å²) >= 11 is 0. The van der Waals surface area contributed by atoms with Gasteiger partial charge in [-0.25, -0.2) is 4.79 Å². The number of aromatic nitrogens is 3. The van der Waals surface area contributed by atoms with Gasteiger partial charge in [0.1, 0.15) is 5.82 Å². The van der Waals surface area contributed by atoms with E-state index in [0.29, 0.717) is 30.5 Å². The first kappa shape index (κ1) is 21.2. The zero-order chi connectivity index (χ0) is 20.5. The molecule has 0 fully saturated rings. The second-order valence-corrected chi connectivity index (χ2v) is 6.17. The van der Waals surface area contributed by atoms with Gasteiger partial charge in [0.05, 0.1) is 31.9 Å². The van der Waals surface area contributed by atoms with Gasteiger partial charge >= 0.3 is 5.97 Å². The van der Waals surface area contributed by atoms with Gasteiger partial charge in [0.15, 0.2) is 0 Å². The molecule has 0 aliphatic heterocycles. The van der Waals surface area contributed by atoms with E-state index in [1.807, 2.05) is 13.0 Å². The predicted octanol–water partition coefficient (Wildman–Crippen LogP) is 2.33. The minimum atomic E-state index is -0.380. The number of carbonyl (C=O) groups is 2. The first-order valence-corrected chi connectivity index (χ1v) is 8.93. The summed E-state index contributed by atoms with van der Waals surface area (Å²) in [6.07, 6.45) is 0.780. The third-order valence-corrected chi connectivity index (χ3v) is 3.80. The van der Waals surface area contributed by atoms with Crippen molar-refractivity contribution < 1.29 is 19.1 Å². The molecule has 1 aromatic carbocycles. The Bertz CT molecular complexity index is 828. The highest BCUT2D eigenvalue weighted by Crippen LogP contribution is 2.11. The molecule has 0 saturated carbocycles. The Morgan fingerprint density at radius 1 is 1.18 bits per heavy atom. The van der Waals surface area contributed by atoms with Crippen LogP contribution in [-0.2, 0) is 20.9 Å². The highest BCUT2D eigenvalue weighted by molar-refractivity contribution is 5.89. The zero-order valence-corrected chi connectivity index (χ0v) is 16.5. The molecule has 0 aliphatic carbocycles. The van der Waals surface area contributed by atoms with E-state index < -0.39 is 0 Å². The summed E-state index contributed by atoms with van der Waals surface area (Å²) < 4.78 is 10.5. The minimum Gasteiger partial charge on any atom is -0.465 e. The normalized spacial score (nSPS) is 11.6. The lowest BCUT2D eigenvalue weighted by Crippen LogP contribution is -2.26. The molecule has 1 atom stereocenters. The highest BCUT2D eigenvalue weighted by Gasteiger charge is 2.12. The molecule has 9 heteroatoms. The largest absolute Gasteiger partial charge is 0.465 e. The number of rotatable bonds is 9. The molecule has 0 spiro atoms. The molecule has 2 N–H and O–H groups in total. The van der Waals surface area contributed by atoms with Gasteiger partial charge in [0.25, 0.3) is 0 Å². The number of hydrogen-bond acceptors (Lipinski definition) is 8. The molecule has 1 amide bonds. The van der Waals surface area contributed by atoms with Crippen molar-refractivity contribution in [3.63, 3.8) is 0 Å². The van der Waals surface area contributed by atoms with Crippen LogP contribution in [0.2, 0.25) is 0 Å². The lowest BCUT2D eigenvalue weighted by molar-refractivity contribution is -0.114. The summed E-state index contributed by atoms with van der Waals surface area (Å²) in [6, 6.07) is 7.08. The van der Waals surface area contributed by atoms with Crippen molar-refractivity contribution in [2.75, 3.05) is 24.4 Å². The molecule has 9 nitrogen and oxygen atoms in total. The maximum Gasteiger partial charge on any atom is 0.337 e. The van der Waals surface area contributed by atoms with Crippen LogP contribution in [-0.4, -0.2) is 46.6 Å². The fourth-order valence-corrected chi connectivity index (χ4v) is 2.43. The van der Waals surface area contributed by atoms with Crippen molar-refractivity contribution >= 4 is 23.8 Å². The van der Waals surface area contributed by atoms with Gasteiger partial charge in [-0.2, -0.15) is 15.0 Å². The summed E-state index contributed by atoms with van der Waals surface area (Å²) in [5, 5.41) is 5.75. The molecular weight excluding hydrogens is 362 g/mol. The van der Waals surface area contributed by atoms with E-state index in [9.17, 15) is 9.59 Å². The van der Waals surface area contributed by atoms with Crippen LogP contribution in [0.1, 0.15) is 42.0 Å². The number of nitrogens with one attached hydrogen (secondary N) is 2. The predicted molar refractivity (Wildman–Crippen MR) is 104 cm³/mol. The van der Waals surface area contributed by atoms with Crippen LogP contribution in [0, 0.1) is 6.92 Å². The number of carbonyl (C=O) groups excluding carboxylic acids is 2. The van der Waals surface area contributed by atoms with Crippen LogP contribution in [0.15, 0.2) is 24.3 Å². The fourth-order valence-electron chi connectivity index (χ4n) is 2.43. The van der Waals surface area contributed by atoms with E-state index in [1.54, 1.807) is 25.1 Å². The van der Waals surface area contributed by atoms with Crippen molar-refractivity contribution in [1.82, 2.24) is 15.0 Å². The lowest BCUT2D eigenvalue weighted by atomic mass is 10.1. The van der Waals surface area contributed by atoms with Gasteiger partial charge in [-0.05, 0) is 31.0 Å². The van der Waals surface area contributed by atoms with E-state index >= 15 is 0 Å². The molecule has 2 rings (SSSR count). The number of anilines is 2. The van der Waals surface area contributed by atoms with E-state index in [2.05, 4.69) is 25.6 Å². The van der Waals surface area contributed by atoms with E-state index in [-0.39, 0.29) is 23.9 Å². The first-order valence-electron chi connectivity index (χ1n) is 8.93. The second-order valence-electron chi connectivity index (χ2n) is 6.17. The Kier molecular flexibility index (Phi) is 7.82. The summed E-state index contributed by atoms with van der Waals surface area (Å²) in [5.41, 5.74) is 1.36. The Balaban J connectivity index is 1.94. The van der Waals surface area contributed by atoms with Crippen LogP contribution < -0.4 is 10.6 Å². The van der Waals surface area contributed by atoms with Crippen molar-refractivity contribution in [3.8, 4) is 0 Å². The van der Waals surface area contributed by atoms with Gasteiger partial charge in [0.2, 0.25) is 17.8 Å². The minimum absolute atomic E-state index is 0.0317. The maximum atomic E-state index is 11.6. The smallest absolute Gasteiger partial charge is 0.337 e. The van der Waals surface area contributed by atoms with E-state index in [4.69, 9.17) is 9.47 Å². The third-order valence-electron chi connectivity index (χ3n) is 3.80. The average molecular weight is 387 g/mol. The molecule has 1 unspecified atom stereocenters. The van der Waals surface area contributed by atoms with Crippen LogP contribution in [0.4, 0.5) is 11.9 Å². The van der Waals surface area contributed by atoms with Crippen molar-refractivity contribution in [1.29, 1.82) is 0 Å². The summed E-state index contributed by atoms with van der Waals surface area (Å²) in [4.78, 5) is 35.3. The topological polar surface area (TPSA) is 115 Å². The molecule has 0 aliphatic rings. The zero-order valence-electron chi connectivity index (χ0n) is 16.5. The van der Waals surface area contributed by atoms with Crippen molar-refractivity contribution in [3.05, 3.63) is 41.2 Å². The van der Waals surface area contributed by atoms with Crippen molar-refractivity contribution in [2.45, 2.75) is 39.8 Å². The number of benzene rings is 1. The number of hydrogen-bond donors (Lipinski definition) is 2. The molecule has 1 aromatic heterocycles. The molecule has 150 valence electrons. The van der Waals surface area contributed by atoms with Gasteiger partial charge in [0, 0.05) is 6.92 Å². The summed E-state index contributed by atoms with van der Waals surface area (Å²) in [5.74, 6) is 0.449. The van der Waals surface area contributed by atoms with Crippen LogP contribution in [0.5, 0.6) is 0 Å². The summed E-state index contributed by atoms with van der Waals surface area (Å²) in [7, 11) is 1.35. The fraction of sp³-hybridized carbons (Fsp3) is 0.421. The van der Waals surface area contributed by atoms with Gasteiger partial charge < -0.3 is 14.8 Å². The van der Waals surface area contributed by atoms with Crippen molar-refractivity contribution in [2.24, 2.45) is 0 Å². The number of aryl methyl sites for hydroxylation is 1. The number of methoxy groups -OCH3 is 1. The monoisotopic (exact) mass is 387 g/mol. The quantitative estimate of drug-likeness (QED) is 0.630. The Labute approximate surface area is 163 Å². The van der Waals surface area contributed by atoms with Gasteiger partial charge in [-0.15, -0.1) is 0 Å². The Hall–Kier alpha value is -3.07. The van der Waals surface area contributed by atoms with Gasteiger partial charge in [-0.3, -0.25) is 10.1 Å². The number of ether oxygens (including phenoxy) is 2. The molecule has 0 radical (unpaired) electrons. The summed E-state index contributed by atoms with van der Waals surface area (Å²) in [6.45, 7) is 5.91. The number of amides is 1. The molecule has 2 aromatic rings. The van der Waals surface area contributed by atoms with E-state index in [1.165, 1.54) is 14.0 Å². The lowest BCUT2D eigenvalue weighted by Gasteiger charge is -2.17.